The van der Waals surface area contributed by atoms with Gasteiger partial charge in [-0.1, -0.05) is 41.9 Å². The van der Waals surface area contributed by atoms with Crippen molar-refractivity contribution >= 4 is 23.2 Å². The highest BCUT2D eigenvalue weighted by molar-refractivity contribution is 6.31. The van der Waals surface area contributed by atoms with Crippen LogP contribution in [-0.2, 0) is 11.2 Å². The quantitative estimate of drug-likeness (QED) is 0.652. The largest absolute Gasteiger partial charge is 0.334 e. The molecular formula is C21H20ClN3O2. The third kappa shape index (κ3) is 3.35. The Morgan fingerprint density at radius 2 is 2.00 bits per heavy atom. The summed E-state index contributed by atoms with van der Waals surface area (Å²) < 4.78 is 5.44. The van der Waals surface area contributed by atoms with E-state index in [1.54, 1.807) is 4.90 Å². The van der Waals surface area contributed by atoms with Crippen LogP contribution in [0.25, 0.3) is 11.5 Å². The minimum absolute atomic E-state index is 0.0454. The molecule has 1 unspecified atom stereocenters. The van der Waals surface area contributed by atoms with Crippen molar-refractivity contribution < 1.29 is 9.32 Å². The maximum atomic E-state index is 12.6. The molecule has 0 radical (unpaired) electrons. The molecule has 1 aliphatic heterocycles. The number of anilines is 1. The Morgan fingerprint density at radius 1 is 1.22 bits per heavy atom. The van der Waals surface area contributed by atoms with Crippen molar-refractivity contribution in [1.82, 2.24) is 10.1 Å². The molecule has 0 spiro atoms. The van der Waals surface area contributed by atoms with Crippen LogP contribution in [0.3, 0.4) is 0 Å². The minimum atomic E-state index is -0.0942. The summed E-state index contributed by atoms with van der Waals surface area (Å²) >= 11 is 6.21. The van der Waals surface area contributed by atoms with Crippen molar-refractivity contribution in [3.05, 3.63) is 64.4 Å². The minimum Gasteiger partial charge on any atom is -0.334 e. The number of aromatic nitrogens is 2. The molecule has 138 valence electrons. The number of halogens is 1. The lowest BCUT2D eigenvalue weighted by atomic mass is 10.1. The summed E-state index contributed by atoms with van der Waals surface area (Å²) in [7, 11) is 0. The fourth-order valence-electron chi connectivity index (χ4n) is 3.40. The lowest BCUT2D eigenvalue weighted by molar-refractivity contribution is -0.117. The standard InChI is InChI=1S/C21H20ClN3O2/c1-3-14-7-9-15(10-8-14)21-23-20(24-27-21)16-11-19(26)25(12-16)18-6-4-5-17(22)13(18)2/h4-10,16H,3,11-12H2,1-2H3. The predicted molar refractivity (Wildman–Crippen MR) is 105 cm³/mol. The predicted octanol–water partition coefficient (Wildman–Crippen LogP) is 4.78. The van der Waals surface area contributed by atoms with E-state index in [4.69, 9.17) is 16.1 Å². The molecule has 2 heterocycles. The van der Waals surface area contributed by atoms with Gasteiger partial charge in [-0.2, -0.15) is 4.98 Å². The highest BCUT2D eigenvalue weighted by atomic mass is 35.5. The van der Waals surface area contributed by atoms with E-state index in [1.807, 2.05) is 37.3 Å². The van der Waals surface area contributed by atoms with E-state index in [2.05, 4.69) is 29.2 Å². The summed E-state index contributed by atoms with van der Waals surface area (Å²) in [6, 6.07) is 13.7. The number of carbonyl (C=O) groups is 1. The summed E-state index contributed by atoms with van der Waals surface area (Å²) in [4.78, 5) is 18.9. The molecule has 2 aromatic carbocycles. The number of amides is 1. The van der Waals surface area contributed by atoms with Crippen molar-refractivity contribution in [3.63, 3.8) is 0 Å². The van der Waals surface area contributed by atoms with E-state index in [1.165, 1.54) is 5.56 Å². The molecule has 1 fully saturated rings. The maximum Gasteiger partial charge on any atom is 0.257 e. The normalized spacial score (nSPS) is 16.9. The van der Waals surface area contributed by atoms with E-state index in [0.717, 1.165) is 23.2 Å². The molecule has 1 atom stereocenters. The topological polar surface area (TPSA) is 59.2 Å². The summed E-state index contributed by atoms with van der Waals surface area (Å²) in [5.74, 6) is 1.00. The second-order valence-electron chi connectivity index (χ2n) is 6.80. The van der Waals surface area contributed by atoms with Crippen LogP contribution >= 0.6 is 11.6 Å². The van der Waals surface area contributed by atoms with Gasteiger partial charge >= 0.3 is 0 Å². The zero-order chi connectivity index (χ0) is 19.0. The van der Waals surface area contributed by atoms with E-state index in [0.29, 0.717) is 29.7 Å². The third-order valence-electron chi connectivity index (χ3n) is 5.07. The van der Waals surface area contributed by atoms with E-state index < -0.39 is 0 Å². The van der Waals surface area contributed by atoms with Crippen LogP contribution in [0, 0.1) is 6.92 Å². The zero-order valence-corrected chi connectivity index (χ0v) is 16.0. The number of rotatable bonds is 4. The summed E-state index contributed by atoms with van der Waals surface area (Å²) in [5.41, 5.74) is 3.89. The zero-order valence-electron chi connectivity index (χ0n) is 15.3. The lowest BCUT2D eigenvalue weighted by Gasteiger charge is -2.19. The molecule has 0 bridgehead atoms. The number of nitrogens with zero attached hydrogens (tertiary/aromatic N) is 3. The third-order valence-corrected chi connectivity index (χ3v) is 5.48. The molecule has 3 aromatic rings. The number of benzene rings is 2. The van der Waals surface area contributed by atoms with Crippen molar-refractivity contribution in [1.29, 1.82) is 0 Å². The van der Waals surface area contributed by atoms with Gasteiger partial charge < -0.3 is 9.42 Å². The maximum absolute atomic E-state index is 12.6. The van der Waals surface area contributed by atoms with Crippen LogP contribution in [0.2, 0.25) is 5.02 Å². The number of hydrogen-bond donors (Lipinski definition) is 0. The molecule has 0 N–H and O–H groups in total. The highest BCUT2D eigenvalue weighted by Crippen LogP contribution is 2.35. The molecular weight excluding hydrogens is 362 g/mol. The van der Waals surface area contributed by atoms with E-state index in [-0.39, 0.29) is 11.8 Å². The SMILES string of the molecule is CCc1ccc(-c2nc(C3CC(=O)N(c4cccc(Cl)c4C)C3)no2)cc1. The molecule has 1 aliphatic rings. The average Bonchev–Trinajstić information content (AvgIpc) is 3.31. The van der Waals surface area contributed by atoms with Gasteiger partial charge in [-0.15, -0.1) is 0 Å². The molecule has 4 rings (SSSR count). The van der Waals surface area contributed by atoms with Gasteiger partial charge in [0.25, 0.3) is 5.89 Å². The van der Waals surface area contributed by atoms with E-state index >= 15 is 0 Å². The molecule has 5 nitrogen and oxygen atoms in total. The Morgan fingerprint density at radius 3 is 2.74 bits per heavy atom. The number of carbonyl (C=O) groups excluding carboxylic acids is 1. The lowest BCUT2D eigenvalue weighted by Crippen LogP contribution is -2.25. The summed E-state index contributed by atoms with van der Waals surface area (Å²) in [6.45, 7) is 4.56. The second-order valence-corrected chi connectivity index (χ2v) is 7.20. The van der Waals surface area contributed by atoms with Crippen LogP contribution in [0.1, 0.15) is 36.2 Å². The smallest absolute Gasteiger partial charge is 0.257 e. The highest BCUT2D eigenvalue weighted by Gasteiger charge is 2.35. The van der Waals surface area contributed by atoms with Crippen LogP contribution in [0.5, 0.6) is 0 Å². The molecule has 1 aromatic heterocycles. The Balaban J connectivity index is 1.56. The van der Waals surface area contributed by atoms with Gasteiger partial charge in [0.1, 0.15) is 0 Å². The molecule has 0 saturated carbocycles. The second kappa shape index (κ2) is 7.16. The monoisotopic (exact) mass is 381 g/mol. The fraction of sp³-hybridized carbons (Fsp3) is 0.286. The summed E-state index contributed by atoms with van der Waals surface area (Å²) in [5, 5.41) is 4.78. The van der Waals surface area contributed by atoms with Gasteiger partial charge in [-0.3, -0.25) is 4.79 Å². The Hall–Kier alpha value is -2.66. The number of aryl methyl sites for hydroxylation is 1. The van der Waals surface area contributed by atoms with Gasteiger partial charge in [0.05, 0.1) is 0 Å². The van der Waals surface area contributed by atoms with Gasteiger partial charge in [0.2, 0.25) is 5.91 Å². The Kier molecular flexibility index (Phi) is 4.70. The van der Waals surface area contributed by atoms with Gasteiger partial charge in [-0.05, 0) is 48.7 Å². The van der Waals surface area contributed by atoms with Crippen LogP contribution in [0.4, 0.5) is 5.69 Å². The Bertz CT molecular complexity index is 981. The first kappa shape index (κ1) is 17.7. The van der Waals surface area contributed by atoms with Crippen LogP contribution in [0.15, 0.2) is 47.0 Å². The molecule has 1 saturated heterocycles. The fourth-order valence-corrected chi connectivity index (χ4v) is 3.57. The molecule has 27 heavy (non-hydrogen) atoms. The molecule has 0 aliphatic carbocycles. The molecule has 1 amide bonds. The molecule has 6 heteroatoms. The first-order valence-electron chi connectivity index (χ1n) is 9.05. The van der Waals surface area contributed by atoms with Crippen molar-refractivity contribution in [2.24, 2.45) is 0 Å². The summed E-state index contributed by atoms with van der Waals surface area (Å²) in [6.07, 6.45) is 1.35. The van der Waals surface area contributed by atoms with E-state index in [9.17, 15) is 4.79 Å². The Labute approximate surface area is 163 Å². The van der Waals surface area contributed by atoms with Crippen molar-refractivity contribution in [2.75, 3.05) is 11.4 Å². The first-order chi connectivity index (χ1) is 13.1. The van der Waals surface area contributed by atoms with Gasteiger partial charge in [0, 0.05) is 35.2 Å². The first-order valence-corrected chi connectivity index (χ1v) is 9.43. The van der Waals surface area contributed by atoms with Crippen LogP contribution in [-0.4, -0.2) is 22.6 Å². The van der Waals surface area contributed by atoms with Gasteiger partial charge in [-0.25, -0.2) is 0 Å². The number of hydrogen-bond acceptors (Lipinski definition) is 4. The van der Waals surface area contributed by atoms with Crippen LogP contribution < -0.4 is 4.90 Å². The van der Waals surface area contributed by atoms with Gasteiger partial charge in [0.15, 0.2) is 5.82 Å². The van der Waals surface area contributed by atoms with Crippen molar-refractivity contribution in [2.45, 2.75) is 32.6 Å². The average molecular weight is 382 g/mol. The van der Waals surface area contributed by atoms with Crippen molar-refractivity contribution in [3.8, 4) is 11.5 Å².